The number of aromatic nitrogens is 3. The van der Waals surface area contributed by atoms with Crippen LogP contribution in [0.1, 0.15) is 29.4 Å². The molecule has 0 aliphatic heterocycles. The van der Waals surface area contributed by atoms with Crippen molar-refractivity contribution in [2.24, 2.45) is 0 Å². The maximum atomic E-state index is 12.9. The fourth-order valence-electron chi connectivity index (χ4n) is 3.31. The largest absolute Gasteiger partial charge is 0.384 e. The second-order valence-electron chi connectivity index (χ2n) is 7.63. The molecule has 0 spiro atoms. The zero-order chi connectivity index (χ0) is 22.4. The number of nitrogens with two attached hydrogens (primary N) is 1. The fraction of sp³-hybridized carbons (Fsp3) is 0.304. The SMILES string of the molecule is Cc1nc(N)ccc1CNC(=O)Cn1c(C)cnc(N[C@@H](C)Cc2ccccc2)c1=O. The highest BCUT2D eigenvalue weighted by Gasteiger charge is 2.14. The molecule has 3 rings (SSSR count). The quantitative estimate of drug-likeness (QED) is 0.515. The van der Waals surface area contributed by atoms with Crippen LogP contribution >= 0.6 is 0 Å². The molecule has 31 heavy (non-hydrogen) atoms. The molecule has 8 heteroatoms. The third-order valence-corrected chi connectivity index (χ3v) is 5.02. The average Bonchev–Trinajstić information content (AvgIpc) is 2.73. The van der Waals surface area contributed by atoms with Crippen LogP contribution in [0.2, 0.25) is 0 Å². The number of hydrogen-bond acceptors (Lipinski definition) is 6. The van der Waals surface area contributed by atoms with E-state index in [2.05, 4.69) is 20.6 Å². The molecule has 0 unspecified atom stereocenters. The summed E-state index contributed by atoms with van der Waals surface area (Å²) >= 11 is 0. The minimum atomic E-state index is -0.319. The van der Waals surface area contributed by atoms with Crippen molar-refractivity contribution >= 4 is 17.5 Å². The number of rotatable bonds is 8. The van der Waals surface area contributed by atoms with Crippen molar-refractivity contribution in [3.63, 3.8) is 0 Å². The first-order valence-corrected chi connectivity index (χ1v) is 10.2. The van der Waals surface area contributed by atoms with Gasteiger partial charge in [-0.2, -0.15) is 0 Å². The van der Waals surface area contributed by atoms with Crippen molar-refractivity contribution in [3.8, 4) is 0 Å². The minimum Gasteiger partial charge on any atom is -0.384 e. The number of hydrogen-bond donors (Lipinski definition) is 3. The molecule has 0 bridgehead atoms. The van der Waals surface area contributed by atoms with Gasteiger partial charge >= 0.3 is 0 Å². The second kappa shape index (κ2) is 9.88. The molecule has 0 aliphatic rings. The lowest BCUT2D eigenvalue weighted by Gasteiger charge is -2.16. The van der Waals surface area contributed by atoms with Crippen molar-refractivity contribution in [2.75, 3.05) is 11.1 Å². The smallest absolute Gasteiger partial charge is 0.293 e. The number of anilines is 2. The molecular formula is C23H28N6O2. The van der Waals surface area contributed by atoms with E-state index in [0.29, 0.717) is 18.1 Å². The van der Waals surface area contributed by atoms with Crippen LogP contribution in [-0.4, -0.2) is 26.5 Å². The predicted molar refractivity (Wildman–Crippen MR) is 122 cm³/mol. The number of carbonyl (C=O) groups excluding carboxylic acids is 1. The average molecular weight is 421 g/mol. The highest BCUT2D eigenvalue weighted by molar-refractivity contribution is 5.75. The first kappa shape index (κ1) is 22.0. The summed E-state index contributed by atoms with van der Waals surface area (Å²) in [6.07, 6.45) is 2.35. The number of nitrogens with one attached hydrogen (secondary N) is 2. The summed E-state index contributed by atoms with van der Waals surface area (Å²) in [4.78, 5) is 33.8. The molecule has 1 amide bonds. The van der Waals surface area contributed by atoms with Crippen LogP contribution in [-0.2, 0) is 24.3 Å². The molecule has 162 valence electrons. The zero-order valence-electron chi connectivity index (χ0n) is 18.1. The Morgan fingerprint density at radius 3 is 2.61 bits per heavy atom. The third kappa shape index (κ3) is 5.91. The Hall–Kier alpha value is -3.68. The Morgan fingerprint density at radius 2 is 1.90 bits per heavy atom. The standard InChI is InChI=1S/C23H28N6O2/c1-15(11-18-7-5-4-6-8-18)27-22-23(31)29(16(2)12-26-22)14-21(30)25-13-19-9-10-20(24)28-17(19)3/h4-10,12,15H,11,13-14H2,1-3H3,(H2,24,28)(H,25,30)(H,26,27)/t15-/m0/s1. The van der Waals surface area contributed by atoms with Gasteiger partial charge in [-0.25, -0.2) is 9.97 Å². The van der Waals surface area contributed by atoms with Crippen LogP contribution in [0.3, 0.4) is 0 Å². The van der Waals surface area contributed by atoms with Crippen molar-refractivity contribution in [1.82, 2.24) is 19.9 Å². The lowest BCUT2D eigenvalue weighted by Crippen LogP contribution is -2.35. The van der Waals surface area contributed by atoms with Gasteiger partial charge in [-0.15, -0.1) is 0 Å². The van der Waals surface area contributed by atoms with E-state index in [1.165, 1.54) is 10.1 Å². The van der Waals surface area contributed by atoms with Crippen molar-refractivity contribution in [3.05, 3.63) is 81.5 Å². The van der Waals surface area contributed by atoms with Crippen LogP contribution in [0.5, 0.6) is 0 Å². The third-order valence-electron chi connectivity index (χ3n) is 5.02. The maximum absolute atomic E-state index is 12.9. The van der Waals surface area contributed by atoms with Gasteiger partial charge in [0.05, 0.1) is 0 Å². The molecule has 2 heterocycles. The first-order valence-electron chi connectivity index (χ1n) is 10.2. The van der Waals surface area contributed by atoms with Gasteiger partial charge in [0.25, 0.3) is 5.56 Å². The monoisotopic (exact) mass is 420 g/mol. The molecule has 2 aromatic heterocycles. The molecule has 0 aliphatic carbocycles. The predicted octanol–water partition coefficient (Wildman–Crippen LogP) is 2.20. The maximum Gasteiger partial charge on any atom is 0.293 e. The Morgan fingerprint density at radius 1 is 1.16 bits per heavy atom. The lowest BCUT2D eigenvalue weighted by atomic mass is 10.1. The summed E-state index contributed by atoms with van der Waals surface area (Å²) in [7, 11) is 0. The van der Waals surface area contributed by atoms with Gasteiger partial charge in [0.15, 0.2) is 5.82 Å². The van der Waals surface area contributed by atoms with Crippen LogP contribution in [0.25, 0.3) is 0 Å². The fourth-order valence-corrected chi connectivity index (χ4v) is 3.31. The topological polar surface area (TPSA) is 115 Å². The molecule has 0 fully saturated rings. The van der Waals surface area contributed by atoms with Gasteiger partial charge in [-0.3, -0.25) is 14.2 Å². The van der Waals surface area contributed by atoms with Gasteiger partial charge in [-0.05, 0) is 44.4 Å². The molecule has 0 saturated carbocycles. The van der Waals surface area contributed by atoms with Gasteiger partial charge in [0.2, 0.25) is 5.91 Å². The van der Waals surface area contributed by atoms with E-state index in [1.54, 1.807) is 19.2 Å². The number of nitrogens with zero attached hydrogens (tertiary/aromatic N) is 3. The van der Waals surface area contributed by atoms with Gasteiger partial charge < -0.3 is 16.4 Å². The number of carbonyl (C=O) groups is 1. The highest BCUT2D eigenvalue weighted by Crippen LogP contribution is 2.09. The van der Waals surface area contributed by atoms with E-state index < -0.39 is 0 Å². The number of nitrogen functional groups attached to an aromatic ring is 1. The molecule has 1 atom stereocenters. The minimum absolute atomic E-state index is 0.00794. The van der Waals surface area contributed by atoms with Crippen molar-refractivity contribution in [2.45, 2.75) is 46.3 Å². The summed E-state index contributed by atoms with van der Waals surface area (Å²) in [6.45, 7) is 5.82. The summed E-state index contributed by atoms with van der Waals surface area (Å²) in [5.74, 6) is 0.407. The lowest BCUT2D eigenvalue weighted by molar-refractivity contribution is -0.121. The van der Waals surface area contributed by atoms with Crippen LogP contribution in [0.4, 0.5) is 11.6 Å². The van der Waals surface area contributed by atoms with Crippen LogP contribution in [0.15, 0.2) is 53.5 Å². The van der Waals surface area contributed by atoms with E-state index in [9.17, 15) is 9.59 Å². The van der Waals surface area contributed by atoms with Crippen LogP contribution < -0.4 is 21.9 Å². The summed E-state index contributed by atoms with van der Waals surface area (Å²) in [5, 5.41) is 6.01. The Labute approximate surface area is 181 Å². The van der Waals surface area contributed by atoms with Crippen molar-refractivity contribution < 1.29 is 4.79 Å². The Kier molecular flexibility index (Phi) is 7.02. The molecule has 1 aromatic carbocycles. The normalized spacial score (nSPS) is 11.7. The van der Waals surface area contributed by atoms with Gasteiger partial charge in [0.1, 0.15) is 12.4 Å². The Balaban J connectivity index is 1.65. The number of pyridine rings is 1. The van der Waals surface area contributed by atoms with E-state index in [4.69, 9.17) is 5.73 Å². The summed E-state index contributed by atoms with van der Waals surface area (Å²) < 4.78 is 1.42. The molecule has 4 N–H and O–H groups in total. The van der Waals surface area contributed by atoms with E-state index in [1.807, 2.05) is 50.2 Å². The molecule has 0 saturated heterocycles. The molecular weight excluding hydrogens is 392 g/mol. The van der Waals surface area contributed by atoms with Crippen LogP contribution in [0, 0.1) is 13.8 Å². The zero-order valence-corrected chi connectivity index (χ0v) is 18.1. The van der Waals surface area contributed by atoms with E-state index in [-0.39, 0.29) is 29.9 Å². The summed E-state index contributed by atoms with van der Waals surface area (Å²) in [5.41, 5.74) is 8.76. The number of amides is 1. The summed E-state index contributed by atoms with van der Waals surface area (Å²) in [6, 6.07) is 13.6. The highest BCUT2D eigenvalue weighted by atomic mass is 16.2. The number of benzene rings is 1. The Bertz CT molecular complexity index is 1110. The second-order valence-corrected chi connectivity index (χ2v) is 7.63. The van der Waals surface area contributed by atoms with Crippen molar-refractivity contribution in [1.29, 1.82) is 0 Å². The molecule has 0 radical (unpaired) electrons. The molecule has 8 nitrogen and oxygen atoms in total. The van der Waals surface area contributed by atoms with Gasteiger partial charge in [-0.1, -0.05) is 36.4 Å². The van der Waals surface area contributed by atoms with E-state index in [0.717, 1.165) is 17.7 Å². The van der Waals surface area contributed by atoms with E-state index >= 15 is 0 Å². The first-order chi connectivity index (χ1) is 14.8. The molecule has 3 aromatic rings. The number of aryl methyl sites for hydroxylation is 2. The van der Waals surface area contributed by atoms with Gasteiger partial charge in [0, 0.05) is 30.2 Å².